The number of sulfone groups is 1. The van der Waals surface area contributed by atoms with Crippen LogP contribution < -0.4 is 0 Å². The molecular formula is C15H23NO4S2. The van der Waals surface area contributed by atoms with Crippen molar-refractivity contribution in [3.63, 3.8) is 0 Å². The van der Waals surface area contributed by atoms with Gasteiger partial charge in [-0.05, 0) is 44.4 Å². The molecule has 0 saturated carbocycles. The van der Waals surface area contributed by atoms with Crippen molar-refractivity contribution in [1.29, 1.82) is 0 Å². The van der Waals surface area contributed by atoms with E-state index in [0.29, 0.717) is 12.0 Å². The van der Waals surface area contributed by atoms with E-state index in [4.69, 9.17) is 0 Å². The Balaban J connectivity index is 2.53. The molecule has 1 aromatic rings. The van der Waals surface area contributed by atoms with Gasteiger partial charge in [-0.25, -0.2) is 16.8 Å². The normalized spacial score (nSPS) is 24.8. The van der Waals surface area contributed by atoms with E-state index in [9.17, 15) is 16.8 Å². The standard InChI is InChI=1S/C15H23NO4S2/c1-5-16(15(4)8-9-21(17,18)11-15)22(19,20)14-10-12(2)6-7-13(14)3/h6-7,10H,5,8-9,11H2,1-4H3/t15-/m1/s1. The predicted molar refractivity (Wildman–Crippen MR) is 87.2 cm³/mol. The molecule has 0 radical (unpaired) electrons. The van der Waals surface area contributed by atoms with Gasteiger partial charge in [-0.3, -0.25) is 0 Å². The average molecular weight is 345 g/mol. The average Bonchev–Trinajstić information content (AvgIpc) is 2.67. The lowest BCUT2D eigenvalue weighted by molar-refractivity contribution is 0.243. The van der Waals surface area contributed by atoms with Gasteiger partial charge >= 0.3 is 0 Å². The van der Waals surface area contributed by atoms with Gasteiger partial charge in [0.05, 0.1) is 16.4 Å². The van der Waals surface area contributed by atoms with Crippen LogP contribution >= 0.6 is 0 Å². The molecule has 1 fully saturated rings. The van der Waals surface area contributed by atoms with Crippen LogP contribution in [0.3, 0.4) is 0 Å². The second kappa shape index (κ2) is 5.62. The molecule has 2 rings (SSSR count). The molecule has 0 unspecified atom stereocenters. The van der Waals surface area contributed by atoms with Crippen molar-refractivity contribution in [3.05, 3.63) is 29.3 Å². The van der Waals surface area contributed by atoms with Crippen molar-refractivity contribution in [1.82, 2.24) is 4.31 Å². The van der Waals surface area contributed by atoms with Gasteiger partial charge in [0.2, 0.25) is 10.0 Å². The minimum atomic E-state index is -3.73. The van der Waals surface area contributed by atoms with Crippen molar-refractivity contribution in [3.8, 4) is 0 Å². The fraction of sp³-hybridized carbons (Fsp3) is 0.600. The minimum Gasteiger partial charge on any atom is -0.229 e. The Bertz CT molecular complexity index is 784. The summed E-state index contributed by atoms with van der Waals surface area (Å²) in [6, 6.07) is 5.30. The maximum Gasteiger partial charge on any atom is 0.243 e. The van der Waals surface area contributed by atoms with Crippen molar-refractivity contribution in [2.45, 2.75) is 44.6 Å². The summed E-state index contributed by atoms with van der Waals surface area (Å²) in [5.74, 6) is -0.0692. The fourth-order valence-electron chi connectivity index (χ4n) is 3.14. The molecule has 5 nitrogen and oxygen atoms in total. The Hall–Kier alpha value is -0.920. The number of rotatable bonds is 4. The zero-order valence-corrected chi connectivity index (χ0v) is 15.1. The highest BCUT2D eigenvalue weighted by Crippen LogP contribution is 2.34. The molecule has 0 aliphatic carbocycles. The van der Waals surface area contributed by atoms with Gasteiger partial charge in [0, 0.05) is 12.1 Å². The molecule has 1 atom stereocenters. The van der Waals surface area contributed by atoms with Crippen LogP contribution in [-0.4, -0.2) is 44.7 Å². The summed E-state index contributed by atoms with van der Waals surface area (Å²) in [4.78, 5) is 0.264. The van der Waals surface area contributed by atoms with Gasteiger partial charge in [0.15, 0.2) is 9.84 Å². The van der Waals surface area contributed by atoms with Gasteiger partial charge in [0.25, 0.3) is 0 Å². The summed E-state index contributed by atoms with van der Waals surface area (Å²) < 4.78 is 51.2. The highest BCUT2D eigenvalue weighted by atomic mass is 32.2. The first kappa shape index (κ1) is 17.4. The predicted octanol–water partition coefficient (Wildman–Crippen LogP) is 1.89. The number of benzene rings is 1. The first-order valence-corrected chi connectivity index (χ1v) is 10.6. The topological polar surface area (TPSA) is 71.5 Å². The minimum absolute atomic E-state index is 0.0440. The Morgan fingerprint density at radius 1 is 1.27 bits per heavy atom. The van der Waals surface area contributed by atoms with Crippen LogP contribution in [0.5, 0.6) is 0 Å². The smallest absolute Gasteiger partial charge is 0.229 e. The van der Waals surface area contributed by atoms with E-state index in [1.54, 1.807) is 32.9 Å². The monoisotopic (exact) mass is 345 g/mol. The molecule has 124 valence electrons. The van der Waals surface area contributed by atoms with Crippen LogP contribution in [0, 0.1) is 13.8 Å². The van der Waals surface area contributed by atoms with Crippen molar-refractivity contribution >= 4 is 19.9 Å². The summed E-state index contributed by atoms with van der Waals surface area (Å²) in [6.07, 6.45) is 0.341. The van der Waals surface area contributed by atoms with E-state index in [1.807, 2.05) is 13.0 Å². The SMILES string of the molecule is CCN([C@]1(C)CCS(=O)(=O)C1)S(=O)(=O)c1cc(C)ccc1C. The van der Waals surface area contributed by atoms with Gasteiger partial charge in [-0.2, -0.15) is 4.31 Å². The van der Waals surface area contributed by atoms with E-state index in [0.717, 1.165) is 5.56 Å². The zero-order valence-electron chi connectivity index (χ0n) is 13.5. The third-order valence-electron chi connectivity index (χ3n) is 4.28. The number of hydrogen-bond acceptors (Lipinski definition) is 4. The summed E-state index contributed by atoms with van der Waals surface area (Å²) in [6.45, 7) is 7.33. The summed E-state index contributed by atoms with van der Waals surface area (Å²) in [5, 5.41) is 0. The Morgan fingerprint density at radius 3 is 2.41 bits per heavy atom. The second-order valence-corrected chi connectivity index (χ2v) is 10.3. The molecule has 22 heavy (non-hydrogen) atoms. The van der Waals surface area contributed by atoms with Crippen LogP contribution in [-0.2, 0) is 19.9 Å². The van der Waals surface area contributed by atoms with Gasteiger partial charge in [-0.15, -0.1) is 0 Å². The van der Waals surface area contributed by atoms with Gasteiger partial charge in [0.1, 0.15) is 0 Å². The second-order valence-electron chi connectivity index (χ2n) is 6.28. The molecule has 1 aromatic carbocycles. The van der Waals surface area contributed by atoms with E-state index in [-0.39, 0.29) is 22.9 Å². The zero-order chi connectivity index (χ0) is 16.8. The first-order valence-electron chi connectivity index (χ1n) is 7.32. The van der Waals surface area contributed by atoms with Crippen LogP contribution in [0.2, 0.25) is 0 Å². The lowest BCUT2D eigenvalue weighted by atomic mass is 10.0. The molecule has 0 bridgehead atoms. The molecule has 1 aliphatic heterocycles. The molecule has 0 spiro atoms. The van der Waals surface area contributed by atoms with E-state index >= 15 is 0 Å². The van der Waals surface area contributed by atoms with Crippen molar-refractivity contribution < 1.29 is 16.8 Å². The third kappa shape index (κ3) is 3.07. The van der Waals surface area contributed by atoms with Crippen molar-refractivity contribution in [2.24, 2.45) is 0 Å². The van der Waals surface area contributed by atoms with Crippen molar-refractivity contribution in [2.75, 3.05) is 18.1 Å². The summed E-state index contributed by atoms with van der Waals surface area (Å²) >= 11 is 0. The third-order valence-corrected chi connectivity index (χ3v) is 8.45. The lowest BCUT2D eigenvalue weighted by Crippen LogP contribution is -2.50. The molecule has 0 aromatic heterocycles. The quantitative estimate of drug-likeness (QED) is 0.835. The first-order chi connectivity index (χ1) is 10.0. The molecule has 0 N–H and O–H groups in total. The molecule has 0 amide bonds. The van der Waals surface area contributed by atoms with Crippen LogP contribution in [0.1, 0.15) is 31.4 Å². The molecule has 1 aliphatic rings. The number of aryl methyl sites for hydroxylation is 2. The number of sulfonamides is 1. The highest BCUT2D eigenvalue weighted by Gasteiger charge is 2.47. The van der Waals surface area contributed by atoms with E-state index in [2.05, 4.69) is 0 Å². The number of nitrogens with zero attached hydrogens (tertiary/aromatic N) is 1. The van der Waals surface area contributed by atoms with E-state index in [1.165, 1.54) is 4.31 Å². The summed E-state index contributed by atoms with van der Waals surface area (Å²) in [5.41, 5.74) is 0.667. The number of hydrogen-bond donors (Lipinski definition) is 0. The maximum atomic E-state index is 13.1. The molecule has 1 heterocycles. The van der Waals surface area contributed by atoms with E-state index < -0.39 is 25.4 Å². The largest absolute Gasteiger partial charge is 0.243 e. The van der Waals surface area contributed by atoms with Crippen LogP contribution in [0.15, 0.2) is 23.1 Å². The summed E-state index contributed by atoms with van der Waals surface area (Å²) in [7, 11) is -6.90. The Labute approximate surface area is 133 Å². The van der Waals surface area contributed by atoms with Crippen LogP contribution in [0.4, 0.5) is 0 Å². The molecule has 1 saturated heterocycles. The fourth-order valence-corrected chi connectivity index (χ4v) is 7.48. The highest BCUT2D eigenvalue weighted by molar-refractivity contribution is 7.92. The lowest BCUT2D eigenvalue weighted by Gasteiger charge is -2.36. The Kier molecular flexibility index (Phi) is 4.45. The van der Waals surface area contributed by atoms with Crippen LogP contribution in [0.25, 0.3) is 0 Å². The Morgan fingerprint density at radius 2 is 1.91 bits per heavy atom. The molecular weight excluding hydrogens is 322 g/mol. The van der Waals surface area contributed by atoms with Gasteiger partial charge < -0.3 is 0 Å². The van der Waals surface area contributed by atoms with Gasteiger partial charge in [-0.1, -0.05) is 19.1 Å². The maximum absolute atomic E-state index is 13.1. The molecule has 7 heteroatoms.